The normalized spacial score (nSPS) is 17.5. The van der Waals surface area contributed by atoms with Crippen molar-refractivity contribution in [3.63, 3.8) is 0 Å². The van der Waals surface area contributed by atoms with Crippen molar-refractivity contribution < 1.29 is 14.6 Å². The molecule has 1 aliphatic rings. The van der Waals surface area contributed by atoms with Crippen molar-refractivity contribution >= 4 is 5.91 Å². The zero-order chi connectivity index (χ0) is 14.4. The average molecular weight is 277 g/mol. The van der Waals surface area contributed by atoms with Crippen LogP contribution in [-0.2, 0) is 4.79 Å². The molecule has 0 unspecified atom stereocenters. The lowest BCUT2D eigenvalue weighted by atomic mass is 9.95. The van der Waals surface area contributed by atoms with Crippen LogP contribution in [0.3, 0.4) is 0 Å². The lowest BCUT2D eigenvalue weighted by Gasteiger charge is -2.22. The third kappa shape index (κ3) is 4.53. The Morgan fingerprint density at radius 3 is 2.55 bits per heavy atom. The van der Waals surface area contributed by atoms with Crippen LogP contribution in [0.1, 0.15) is 50.7 Å². The van der Waals surface area contributed by atoms with Crippen LogP contribution < -0.4 is 10.1 Å². The molecular weight excluding hydrogens is 254 g/mol. The van der Waals surface area contributed by atoms with Gasteiger partial charge in [-0.3, -0.25) is 4.79 Å². The van der Waals surface area contributed by atoms with Gasteiger partial charge in [0, 0.05) is 6.04 Å². The van der Waals surface area contributed by atoms with E-state index in [4.69, 9.17) is 4.74 Å². The number of rotatable bonds is 5. The maximum absolute atomic E-state index is 11.8. The van der Waals surface area contributed by atoms with Gasteiger partial charge in [-0.15, -0.1) is 0 Å². The first-order valence-corrected chi connectivity index (χ1v) is 7.35. The number of carbonyl (C=O) groups excluding carboxylic acids is 1. The van der Waals surface area contributed by atoms with Gasteiger partial charge in [0.1, 0.15) is 5.75 Å². The predicted octanol–water partition coefficient (Wildman–Crippen LogP) is 2.57. The Labute approximate surface area is 120 Å². The highest BCUT2D eigenvalue weighted by atomic mass is 16.5. The van der Waals surface area contributed by atoms with Crippen LogP contribution in [0.2, 0.25) is 0 Å². The summed E-state index contributed by atoms with van der Waals surface area (Å²) in [5.41, 5.74) is 0.837. The van der Waals surface area contributed by atoms with Gasteiger partial charge in [0.05, 0.1) is 6.10 Å². The molecule has 0 saturated heterocycles. The third-order valence-electron chi connectivity index (χ3n) is 3.70. The van der Waals surface area contributed by atoms with Crippen LogP contribution >= 0.6 is 0 Å². The minimum Gasteiger partial charge on any atom is -0.484 e. The molecular formula is C16H23NO3. The van der Waals surface area contributed by atoms with E-state index in [2.05, 4.69) is 5.32 Å². The number of hydrogen-bond acceptors (Lipinski definition) is 3. The number of carbonyl (C=O) groups is 1. The number of benzene rings is 1. The van der Waals surface area contributed by atoms with Gasteiger partial charge < -0.3 is 15.2 Å². The molecule has 1 amide bonds. The minimum atomic E-state index is -0.487. The molecule has 0 aliphatic heterocycles. The fourth-order valence-corrected chi connectivity index (χ4v) is 2.51. The molecule has 4 heteroatoms. The maximum Gasteiger partial charge on any atom is 0.258 e. The number of nitrogens with one attached hydrogen (secondary N) is 1. The molecule has 2 N–H and O–H groups in total. The van der Waals surface area contributed by atoms with E-state index in [0.717, 1.165) is 18.4 Å². The van der Waals surface area contributed by atoms with E-state index >= 15 is 0 Å². The lowest BCUT2D eigenvalue weighted by Crippen LogP contribution is -2.38. The van der Waals surface area contributed by atoms with Gasteiger partial charge in [0.2, 0.25) is 0 Å². The second-order valence-electron chi connectivity index (χ2n) is 5.44. The fourth-order valence-electron chi connectivity index (χ4n) is 2.51. The van der Waals surface area contributed by atoms with Crippen LogP contribution in [0.15, 0.2) is 24.3 Å². The quantitative estimate of drug-likeness (QED) is 0.869. The third-order valence-corrected chi connectivity index (χ3v) is 3.70. The molecule has 1 atom stereocenters. The molecule has 1 fully saturated rings. The van der Waals surface area contributed by atoms with E-state index in [1.807, 2.05) is 0 Å². The first kappa shape index (κ1) is 14.9. The van der Waals surface area contributed by atoms with Gasteiger partial charge in [-0.05, 0) is 37.5 Å². The molecule has 110 valence electrons. The van der Waals surface area contributed by atoms with Gasteiger partial charge in [-0.1, -0.05) is 31.4 Å². The van der Waals surface area contributed by atoms with E-state index in [9.17, 15) is 9.90 Å². The molecule has 1 aliphatic carbocycles. The molecule has 0 heterocycles. The van der Waals surface area contributed by atoms with Crippen LogP contribution in [-0.4, -0.2) is 23.7 Å². The Balaban J connectivity index is 1.74. The van der Waals surface area contributed by atoms with E-state index in [0.29, 0.717) is 11.8 Å². The fraction of sp³-hybridized carbons (Fsp3) is 0.562. The Morgan fingerprint density at radius 2 is 1.95 bits per heavy atom. The monoisotopic (exact) mass is 277 g/mol. The molecule has 1 aromatic carbocycles. The number of aliphatic hydroxyl groups excluding tert-OH is 1. The van der Waals surface area contributed by atoms with E-state index in [-0.39, 0.29) is 12.5 Å². The van der Waals surface area contributed by atoms with Crippen LogP contribution in [0.4, 0.5) is 0 Å². The zero-order valence-corrected chi connectivity index (χ0v) is 12.0. The van der Waals surface area contributed by atoms with Crippen LogP contribution in [0, 0.1) is 0 Å². The van der Waals surface area contributed by atoms with Crippen molar-refractivity contribution in [1.82, 2.24) is 5.32 Å². The molecule has 20 heavy (non-hydrogen) atoms. The summed E-state index contributed by atoms with van der Waals surface area (Å²) in [5, 5.41) is 12.4. The summed E-state index contributed by atoms with van der Waals surface area (Å²) in [7, 11) is 0. The van der Waals surface area contributed by atoms with Gasteiger partial charge in [0.15, 0.2) is 6.61 Å². The summed E-state index contributed by atoms with van der Waals surface area (Å²) in [5.74, 6) is 0.588. The average Bonchev–Trinajstić information content (AvgIpc) is 2.46. The SMILES string of the molecule is C[C@H](O)c1ccc(OCC(=O)NC2CCCCC2)cc1. The van der Waals surface area contributed by atoms with Crippen molar-refractivity contribution in [3.05, 3.63) is 29.8 Å². The Kier molecular flexibility index (Phi) is 5.41. The van der Waals surface area contributed by atoms with Gasteiger partial charge in [0.25, 0.3) is 5.91 Å². The minimum absolute atomic E-state index is 0.0462. The topological polar surface area (TPSA) is 58.6 Å². The molecule has 0 bridgehead atoms. The highest BCUT2D eigenvalue weighted by Gasteiger charge is 2.15. The highest BCUT2D eigenvalue weighted by Crippen LogP contribution is 2.18. The molecule has 4 nitrogen and oxygen atoms in total. The van der Waals surface area contributed by atoms with Crippen molar-refractivity contribution in [3.8, 4) is 5.75 Å². The molecule has 1 saturated carbocycles. The number of hydrogen-bond donors (Lipinski definition) is 2. The first-order valence-electron chi connectivity index (χ1n) is 7.35. The molecule has 0 aromatic heterocycles. The first-order chi connectivity index (χ1) is 9.65. The Morgan fingerprint density at radius 1 is 1.30 bits per heavy atom. The maximum atomic E-state index is 11.8. The summed E-state index contributed by atoms with van der Waals surface area (Å²) in [4.78, 5) is 11.8. The highest BCUT2D eigenvalue weighted by molar-refractivity contribution is 5.77. The summed E-state index contributed by atoms with van der Waals surface area (Å²) < 4.78 is 5.45. The van der Waals surface area contributed by atoms with Crippen LogP contribution in [0.5, 0.6) is 5.75 Å². The Bertz CT molecular complexity index is 422. The van der Waals surface area contributed by atoms with Crippen LogP contribution in [0.25, 0.3) is 0 Å². The van der Waals surface area contributed by atoms with Crippen molar-refractivity contribution in [2.24, 2.45) is 0 Å². The van der Waals surface area contributed by atoms with E-state index in [1.165, 1.54) is 19.3 Å². The van der Waals surface area contributed by atoms with E-state index < -0.39 is 6.10 Å². The predicted molar refractivity (Wildman–Crippen MR) is 77.6 cm³/mol. The zero-order valence-electron chi connectivity index (χ0n) is 12.0. The molecule has 0 radical (unpaired) electrons. The van der Waals surface area contributed by atoms with Gasteiger partial charge >= 0.3 is 0 Å². The van der Waals surface area contributed by atoms with Crippen molar-refractivity contribution in [2.45, 2.75) is 51.2 Å². The van der Waals surface area contributed by atoms with Gasteiger partial charge in [-0.25, -0.2) is 0 Å². The largest absolute Gasteiger partial charge is 0.484 e. The number of amides is 1. The number of ether oxygens (including phenoxy) is 1. The molecule has 0 spiro atoms. The second kappa shape index (κ2) is 7.29. The lowest BCUT2D eigenvalue weighted by molar-refractivity contribution is -0.124. The summed E-state index contributed by atoms with van der Waals surface area (Å²) in [6, 6.07) is 7.47. The van der Waals surface area contributed by atoms with E-state index in [1.54, 1.807) is 31.2 Å². The van der Waals surface area contributed by atoms with Crippen molar-refractivity contribution in [1.29, 1.82) is 0 Å². The van der Waals surface area contributed by atoms with Crippen molar-refractivity contribution in [2.75, 3.05) is 6.61 Å². The number of aliphatic hydroxyl groups is 1. The summed E-state index contributed by atoms with van der Waals surface area (Å²) >= 11 is 0. The van der Waals surface area contributed by atoms with Gasteiger partial charge in [-0.2, -0.15) is 0 Å². The summed E-state index contributed by atoms with van der Waals surface area (Å²) in [6.45, 7) is 1.76. The Hall–Kier alpha value is -1.55. The molecule has 2 rings (SSSR count). The standard InChI is InChI=1S/C16H23NO3/c1-12(18)13-7-9-15(10-8-13)20-11-16(19)17-14-5-3-2-4-6-14/h7-10,12,14,18H,2-6,11H2,1H3,(H,17,19)/t12-/m0/s1. The molecule has 1 aromatic rings. The summed E-state index contributed by atoms with van der Waals surface area (Å²) in [6.07, 6.45) is 5.35. The smallest absolute Gasteiger partial charge is 0.258 e. The second-order valence-corrected chi connectivity index (χ2v) is 5.44.